The van der Waals surface area contributed by atoms with E-state index >= 15 is 0 Å². The molecule has 2 saturated heterocycles. The summed E-state index contributed by atoms with van der Waals surface area (Å²) in [4.78, 5) is 0. The maximum absolute atomic E-state index is 13.5. The highest BCUT2D eigenvalue weighted by Gasteiger charge is 2.41. The summed E-state index contributed by atoms with van der Waals surface area (Å²) in [6, 6.07) is 5.49. The van der Waals surface area contributed by atoms with Crippen molar-refractivity contribution in [2.75, 3.05) is 31.1 Å². The van der Waals surface area contributed by atoms with Crippen LogP contribution in [0, 0.1) is 5.82 Å². The van der Waals surface area contributed by atoms with Crippen LogP contribution in [0.4, 0.5) is 4.39 Å². The molecule has 1 aromatic rings. The first-order valence-corrected chi connectivity index (χ1v) is 11.3. The molecular weight excluding hydrogens is 391 g/mol. The number of sulfonamides is 1. The van der Waals surface area contributed by atoms with Crippen LogP contribution >= 0.6 is 12.4 Å². The van der Waals surface area contributed by atoms with E-state index in [2.05, 4.69) is 5.32 Å². The van der Waals surface area contributed by atoms with Gasteiger partial charge >= 0.3 is 0 Å². The average Bonchev–Trinajstić information content (AvgIpc) is 2.54. The van der Waals surface area contributed by atoms with Gasteiger partial charge in [0.25, 0.3) is 0 Å². The van der Waals surface area contributed by atoms with E-state index in [1.54, 1.807) is 12.1 Å². The van der Waals surface area contributed by atoms with E-state index in [0.717, 1.165) is 0 Å². The molecular formula is C15H22ClFN2O4S2. The minimum Gasteiger partial charge on any atom is -0.313 e. The predicted octanol–water partition coefficient (Wildman–Crippen LogP) is 1.10. The van der Waals surface area contributed by atoms with Gasteiger partial charge in [-0.3, -0.25) is 0 Å². The molecule has 2 fully saturated rings. The lowest BCUT2D eigenvalue weighted by Crippen LogP contribution is -2.52. The van der Waals surface area contributed by atoms with Gasteiger partial charge in [-0.2, -0.15) is 4.31 Å². The Bertz CT molecular complexity index is 803. The molecule has 0 bridgehead atoms. The summed E-state index contributed by atoms with van der Waals surface area (Å²) in [6.07, 6.45) is 0.259. The Balaban J connectivity index is 0.00000225. The van der Waals surface area contributed by atoms with Gasteiger partial charge in [0.15, 0.2) is 0 Å². The molecule has 0 radical (unpaired) electrons. The number of nitrogens with zero attached hydrogens (tertiary/aromatic N) is 1. The highest BCUT2D eigenvalue weighted by molar-refractivity contribution is 7.92. The van der Waals surface area contributed by atoms with E-state index in [1.807, 2.05) is 0 Å². The quantitative estimate of drug-likeness (QED) is 0.803. The minimum atomic E-state index is -3.64. The zero-order valence-electron chi connectivity index (χ0n) is 13.6. The summed E-state index contributed by atoms with van der Waals surface area (Å²) >= 11 is 0. The van der Waals surface area contributed by atoms with Gasteiger partial charge in [-0.05, 0) is 30.5 Å². The van der Waals surface area contributed by atoms with Gasteiger partial charge in [0.2, 0.25) is 10.0 Å². The molecule has 6 nitrogen and oxygen atoms in total. The summed E-state index contributed by atoms with van der Waals surface area (Å²) in [6.45, 7) is 1.23. The van der Waals surface area contributed by atoms with Crippen molar-refractivity contribution < 1.29 is 21.2 Å². The second-order valence-corrected chi connectivity index (χ2v) is 10.8. The van der Waals surface area contributed by atoms with E-state index in [9.17, 15) is 21.2 Å². The summed E-state index contributed by atoms with van der Waals surface area (Å²) in [5, 5.41) is 2.46. The van der Waals surface area contributed by atoms with Gasteiger partial charge in [0.1, 0.15) is 15.7 Å². The topological polar surface area (TPSA) is 83.5 Å². The highest BCUT2D eigenvalue weighted by Crippen LogP contribution is 2.31. The van der Waals surface area contributed by atoms with Crippen molar-refractivity contribution in [1.29, 1.82) is 0 Å². The van der Waals surface area contributed by atoms with E-state index < -0.39 is 37.0 Å². The molecule has 0 aliphatic carbocycles. The molecule has 2 aliphatic heterocycles. The fraction of sp³-hybridized carbons (Fsp3) is 0.600. The molecule has 0 spiro atoms. The zero-order chi connectivity index (χ0) is 17.4. The van der Waals surface area contributed by atoms with E-state index in [4.69, 9.17) is 0 Å². The van der Waals surface area contributed by atoms with E-state index in [-0.39, 0.29) is 36.8 Å². The molecule has 10 heteroatoms. The summed E-state index contributed by atoms with van der Waals surface area (Å²) in [5.41, 5.74) is 0.606. The largest absolute Gasteiger partial charge is 0.313 e. The van der Waals surface area contributed by atoms with Gasteiger partial charge in [-0.15, -0.1) is 12.4 Å². The molecule has 1 unspecified atom stereocenters. The zero-order valence-corrected chi connectivity index (χ0v) is 16.0. The van der Waals surface area contributed by atoms with Gasteiger partial charge < -0.3 is 5.32 Å². The van der Waals surface area contributed by atoms with Crippen LogP contribution in [-0.4, -0.2) is 57.5 Å². The van der Waals surface area contributed by atoms with Crippen LogP contribution in [0.1, 0.15) is 24.4 Å². The average molecular weight is 413 g/mol. The van der Waals surface area contributed by atoms with Crippen LogP contribution < -0.4 is 5.32 Å². The monoisotopic (exact) mass is 412 g/mol. The number of halogens is 2. The molecule has 3 rings (SSSR count). The smallest absolute Gasteiger partial charge is 0.217 e. The lowest BCUT2D eigenvalue weighted by molar-refractivity contribution is 0.267. The van der Waals surface area contributed by atoms with Crippen LogP contribution in [0.15, 0.2) is 24.3 Å². The molecule has 0 saturated carbocycles. The molecule has 142 valence electrons. The Morgan fingerprint density at radius 2 is 1.88 bits per heavy atom. The number of sulfone groups is 1. The summed E-state index contributed by atoms with van der Waals surface area (Å²) in [5.74, 6) is -0.583. The molecule has 1 atom stereocenters. The van der Waals surface area contributed by atoms with Crippen molar-refractivity contribution >= 4 is 32.3 Å². The van der Waals surface area contributed by atoms with E-state index in [0.29, 0.717) is 25.2 Å². The first kappa shape index (κ1) is 20.6. The molecule has 0 aromatic heterocycles. The van der Waals surface area contributed by atoms with Crippen molar-refractivity contribution in [2.24, 2.45) is 0 Å². The van der Waals surface area contributed by atoms with Crippen LogP contribution in [0.3, 0.4) is 0 Å². The van der Waals surface area contributed by atoms with Gasteiger partial charge in [-0.25, -0.2) is 21.2 Å². The van der Waals surface area contributed by atoms with Crippen LogP contribution in [0.2, 0.25) is 0 Å². The van der Waals surface area contributed by atoms with E-state index in [1.165, 1.54) is 16.4 Å². The Morgan fingerprint density at radius 1 is 1.20 bits per heavy atom. The first-order chi connectivity index (χ1) is 11.3. The number of hydrogen-bond acceptors (Lipinski definition) is 5. The fourth-order valence-electron chi connectivity index (χ4n) is 3.35. The Morgan fingerprint density at radius 3 is 2.52 bits per heavy atom. The summed E-state index contributed by atoms with van der Waals surface area (Å²) in [7, 11) is -6.76. The maximum Gasteiger partial charge on any atom is 0.217 e. The number of piperazine rings is 1. The normalized spacial score (nSPS) is 25.2. The molecule has 2 aliphatic rings. The lowest BCUT2D eigenvalue weighted by Gasteiger charge is -2.38. The first-order valence-electron chi connectivity index (χ1n) is 7.97. The van der Waals surface area contributed by atoms with Crippen molar-refractivity contribution in [2.45, 2.75) is 24.1 Å². The predicted molar refractivity (Wildman–Crippen MR) is 96.6 cm³/mol. The molecule has 2 heterocycles. The third-order valence-corrected chi connectivity index (χ3v) is 8.80. The fourth-order valence-corrected chi connectivity index (χ4v) is 7.25. The number of rotatable bonds is 3. The van der Waals surface area contributed by atoms with Crippen LogP contribution in [-0.2, 0) is 19.9 Å². The minimum absolute atomic E-state index is 0. The molecule has 1 N–H and O–H groups in total. The second kappa shape index (κ2) is 7.87. The molecule has 25 heavy (non-hydrogen) atoms. The van der Waals surface area contributed by atoms with Crippen molar-refractivity contribution in [3.63, 3.8) is 0 Å². The van der Waals surface area contributed by atoms with Crippen LogP contribution in [0.25, 0.3) is 0 Å². The Labute approximate surface area is 154 Å². The Hall–Kier alpha value is -0.740. The van der Waals surface area contributed by atoms with Gasteiger partial charge in [-0.1, -0.05) is 12.1 Å². The van der Waals surface area contributed by atoms with Gasteiger partial charge in [0, 0.05) is 19.6 Å². The number of benzene rings is 1. The van der Waals surface area contributed by atoms with Crippen molar-refractivity contribution in [1.82, 2.24) is 9.62 Å². The third-order valence-electron chi connectivity index (χ3n) is 4.68. The molecule has 0 amide bonds. The number of nitrogens with one attached hydrogen (secondary N) is 1. The lowest BCUT2D eigenvalue weighted by atomic mass is 10.1. The molecule has 1 aromatic carbocycles. The summed E-state index contributed by atoms with van der Waals surface area (Å²) < 4.78 is 64.1. The number of hydrogen-bond donors (Lipinski definition) is 1. The van der Waals surface area contributed by atoms with Crippen LogP contribution in [0.5, 0.6) is 0 Å². The Kier molecular flexibility index (Phi) is 6.48. The highest BCUT2D eigenvalue weighted by atomic mass is 35.5. The maximum atomic E-state index is 13.5. The SMILES string of the molecule is Cl.O=S1(=O)CCC(S(=O)(=O)N2CCNCC2c2cccc(F)c2)CC1. The standard InChI is InChI=1S/C15H21FN2O4S2.ClH/c16-13-3-1-2-12(10-13)15-11-17-6-7-18(15)24(21,22)14-4-8-23(19,20)9-5-14;/h1-3,10,14-15,17H,4-9,11H2;1H. The van der Waals surface area contributed by atoms with Gasteiger partial charge in [0.05, 0.1) is 22.8 Å². The van der Waals surface area contributed by atoms with Crippen molar-refractivity contribution in [3.05, 3.63) is 35.6 Å². The second-order valence-electron chi connectivity index (χ2n) is 6.28. The van der Waals surface area contributed by atoms with Crippen molar-refractivity contribution in [3.8, 4) is 0 Å². The third kappa shape index (κ3) is 4.51.